The molecule has 7 nitrogen and oxygen atoms in total. The number of aromatic nitrogens is 1. The number of amides is 2. The van der Waals surface area contributed by atoms with Gasteiger partial charge in [-0.2, -0.15) is 9.65 Å². The van der Waals surface area contributed by atoms with Crippen LogP contribution in [0.25, 0.3) is 0 Å². The van der Waals surface area contributed by atoms with Crippen LogP contribution in [0, 0.1) is 35.5 Å². The highest BCUT2D eigenvalue weighted by molar-refractivity contribution is 5.95. The molecular weight excluding hydrogens is 385 g/mol. The molecule has 8 heteroatoms. The van der Waals surface area contributed by atoms with E-state index in [1.54, 1.807) is 0 Å². The first-order chi connectivity index (χ1) is 14.4. The maximum atomic E-state index is 13.5. The van der Waals surface area contributed by atoms with Gasteiger partial charge in [0.2, 0.25) is 11.9 Å². The summed E-state index contributed by atoms with van der Waals surface area (Å²) in [5, 5.41) is 9.38. The molecule has 5 atom stereocenters. The van der Waals surface area contributed by atoms with Gasteiger partial charge in [-0.15, -0.1) is 6.42 Å². The van der Waals surface area contributed by atoms with Crippen LogP contribution < -0.4 is 5.73 Å². The Balaban J connectivity index is 1.48. The number of terminal acetylenes is 1. The topological polar surface area (TPSA) is 103 Å². The molecule has 0 spiro atoms. The Kier molecular flexibility index (Phi) is 5.44. The molecule has 2 unspecified atom stereocenters. The van der Waals surface area contributed by atoms with E-state index < -0.39 is 24.1 Å². The van der Waals surface area contributed by atoms with Crippen LogP contribution >= 0.6 is 0 Å². The highest BCUT2D eigenvalue weighted by atomic mass is 19.1. The number of hydrogen-bond acceptors (Lipinski definition) is 5. The number of nitrogens with zero attached hydrogens (tertiary/aromatic N) is 4. The predicted octanol–water partition coefficient (Wildman–Crippen LogP) is 1.45. The molecule has 156 valence electrons. The molecule has 0 radical (unpaired) electrons. The number of likely N-dealkylation sites (tertiary alicyclic amines) is 1. The van der Waals surface area contributed by atoms with Gasteiger partial charge in [-0.05, 0) is 50.5 Å². The summed E-state index contributed by atoms with van der Waals surface area (Å²) in [7, 11) is 0. The maximum absolute atomic E-state index is 13.5. The van der Waals surface area contributed by atoms with Crippen LogP contribution in [0.2, 0.25) is 0 Å². The average molecular weight is 409 g/mol. The second-order valence-electron chi connectivity index (χ2n) is 8.37. The third-order valence-electron chi connectivity index (χ3n) is 6.75. The summed E-state index contributed by atoms with van der Waals surface area (Å²) in [5.74, 6) is 1.34. The smallest absolute Gasteiger partial charge is 0.254 e. The second kappa shape index (κ2) is 8.04. The number of hydrogen-bond donors (Lipinski definition) is 1. The largest absolute Gasteiger partial charge is 0.333 e. The first-order valence-corrected chi connectivity index (χ1v) is 10.3. The van der Waals surface area contributed by atoms with Crippen LogP contribution in [0.15, 0.2) is 18.3 Å². The van der Waals surface area contributed by atoms with Gasteiger partial charge in [0.25, 0.3) is 5.91 Å². The van der Waals surface area contributed by atoms with Gasteiger partial charge in [0, 0.05) is 29.9 Å². The summed E-state index contributed by atoms with van der Waals surface area (Å²) in [6, 6.07) is 3.06. The lowest BCUT2D eigenvalue weighted by molar-refractivity contribution is -0.135. The third kappa shape index (κ3) is 3.42. The summed E-state index contributed by atoms with van der Waals surface area (Å²) >= 11 is 0. The molecule has 30 heavy (non-hydrogen) atoms. The Morgan fingerprint density at radius 3 is 2.47 bits per heavy atom. The van der Waals surface area contributed by atoms with Crippen molar-refractivity contribution in [2.45, 2.75) is 68.7 Å². The minimum Gasteiger partial charge on any atom is -0.333 e. The zero-order valence-electron chi connectivity index (χ0n) is 16.6. The normalized spacial score (nSPS) is 31.1. The number of carbonyl (C=O) groups is 2. The molecular formula is C22H24FN5O2. The first kappa shape index (κ1) is 20.3. The van der Waals surface area contributed by atoms with Gasteiger partial charge in [0.15, 0.2) is 0 Å². The molecule has 0 aliphatic carbocycles. The minimum atomic E-state index is -0.756. The number of nitriles is 1. The molecule has 2 N–H and O–H groups in total. The number of halogens is 1. The molecule has 0 aromatic carbocycles. The van der Waals surface area contributed by atoms with Crippen molar-refractivity contribution in [3.63, 3.8) is 0 Å². The fourth-order valence-corrected chi connectivity index (χ4v) is 5.31. The summed E-state index contributed by atoms with van der Waals surface area (Å²) in [6.07, 6.45) is 10.9. The van der Waals surface area contributed by atoms with E-state index in [2.05, 4.69) is 17.0 Å². The molecule has 1 aromatic heterocycles. The monoisotopic (exact) mass is 409 g/mol. The SMILES string of the molecule is C#C[C@H]1CC[C@@H](C#N)N1C(=O)[C@@H](N)C1CC2CCC(C1)N2C(=O)c1ccnc(F)c1. The molecule has 3 aliphatic rings. The van der Waals surface area contributed by atoms with Crippen molar-refractivity contribution >= 4 is 11.8 Å². The number of piperidine rings is 1. The lowest BCUT2D eigenvalue weighted by Crippen LogP contribution is -2.56. The Hall–Kier alpha value is -2.97. The van der Waals surface area contributed by atoms with Gasteiger partial charge in [-0.3, -0.25) is 9.59 Å². The van der Waals surface area contributed by atoms with Crippen molar-refractivity contribution in [1.29, 1.82) is 5.26 Å². The maximum Gasteiger partial charge on any atom is 0.254 e. The molecule has 3 aliphatic heterocycles. The Morgan fingerprint density at radius 2 is 1.87 bits per heavy atom. The molecule has 2 amide bonds. The number of fused-ring (bicyclic) bond motifs is 2. The number of pyridine rings is 1. The van der Waals surface area contributed by atoms with Crippen LogP contribution in [0.1, 0.15) is 48.9 Å². The molecule has 4 rings (SSSR count). The van der Waals surface area contributed by atoms with Crippen molar-refractivity contribution in [1.82, 2.24) is 14.8 Å². The van der Waals surface area contributed by atoms with Crippen molar-refractivity contribution in [3.05, 3.63) is 29.8 Å². The molecule has 3 fully saturated rings. The van der Waals surface area contributed by atoms with Gasteiger partial charge in [-0.1, -0.05) is 5.92 Å². The standard InChI is InChI=1S/C22H24FN5O2/c1-2-15-3-6-18(12-24)27(15)22(30)20(25)14-9-16-4-5-17(10-14)28(16)21(29)13-7-8-26-19(23)11-13/h1,7-8,11,14-18,20H,3-6,9-10,25H2/t14?,15-,16?,17?,18-,20-/m0/s1. The average Bonchev–Trinajstić information content (AvgIpc) is 3.29. The van der Waals surface area contributed by atoms with Gasteiger partial charge in [0.1, 0.15) is 6.04 Å². The third-order valence-corrected chi connectivity index (χ3v) is 6.75. The minimum absolute atomic E-state index is 0.0369. The van der Waals surface area contributed by atoms with Crippen molar-refractivity contribution in [2.75, 3.05) is 0 Å². The van der Waals surface area contributed by atoms with E-state index in [0.717, 1.165) is 18.9 Å². The summed E-state index contributed by atoms with van der Waals surface area (Å²) in [5.41, 5.74) is 6.66. The van der Waals surface area contributed by atoms with E-state index in [9.17, 15) is 19.2 Å². The van der Waals surface area contributed by atoms with Crippen LogP contribution in [0.5, 0.6) is 0 Å². The van der Waals surface area contributed by atoms with Crippen molar-refractivity contribution in [2.24, 2.45) is 11.7 Å². The van der Waals surface area contributed by atoms with E-state index in [0.29, 0.717) is 25.7 Å². The highest BCUT2D eigenvalue weighted by Gasteiger charge is 2.48. The van der Waals surface area contributed by atoms with E-state index in [1.165, 1.54) is 17.2 Å². The van der Waals surface area contributed by atoms with E-state index in [4.69, 9.17) is 12.2 Å². The van der Waals surface area contributed by atoms with E-state index >= 15 is 0 Å². The van der Waals surface area contributed by atoms with Crippen LogP contribution in [0.4, 0.5) is 4.39 Å². The number of rotatable bonds is 3. The number of carbonyl (C=O) groups excluding carboxylic acids is 2. The predicted molar refractivity (Wildman–Crippen MR) is 106 cm³/mol. The van der Waals surface area contributed by atoms with Crippen LogP contribution in [-0.2, 0) is 4.79 Å². The fourth-order valence-electron chi connectivity index (χ4n) is 5.31. The Morgan fingerprint density at radius 1 is 1.20 bits per heavy atom. The van der Waals surface area contributed by atoms with Gasteiger partial charge >= 0.3 is 0 Å². The lowest BCUT2D eigenvalue weighted by Gasteiger charge is -2.41. The van der Waals surface area contributed by atoms with Crippen LogP contribution in [0.3, 0.4) is 0 Å². The van der Waals surface area contributed by atoms with Gasteiger partial charge in [-0.25, -0.2) is 4.98 Å². The zero-order chi connectivity index (χ0) is 21.4. The molecule has 3 saturated heterocycles. The van der Waals surface area contributed by atoms with Crippen molar-refractivity contribution in [3.8, 4) is 18.4 Å². The molecule has 4 heterocycles. The first-order valence-electron chi connectivity index (χ1n) is 10.3. The highest BCUT2D eigenvalue weighted by Crippen LogP contribution is 2.41. The molecule has 0 saturated carbocycles. The quantitative estimate of drug-likeness (QED) is 0.601. The summed E-state index contributed by atoms with van der Waals surface area (Å²) in [4.78, 5) is 32.9. The number of nitrogens with two attached hydrogens (primary N) is 1. The fraction of sp³-hybridized carbons (Fsp3) is 0.545. The van der Waals surface area contributed by atoms with Gasteiger partial charge < -0.3 is 15.5 Å². The summed E-state index contributed by atoms with van der Waals surface area (Å²) in [6.45, 7) is 0. The molecule has 1 aromatic rings. The van der Waals surface area contributed by atoms with E-state index in [1.807, 2.05) is 4.90 Å². The zero-order valence-corrected chi connectivity index (χ0v) is 16.6. The van der Waals surface area contributed by atoms with E-state index in [-0.39, 0.29) is 35.4 Å². The van der Waals surface area contributed by atoms with Crippen molar-refractivity contribution < 1.29 is 14.0 Å². The summed E-state index contributed by atoms with van der Waals surface area (Å²) < 4.78 is 13.5. The lowest BCUT2D eigenvalue weighted by atomic mass is 9.84. The molecule has 2 bridgehead atoms. The second-order valence-corrected chi connectivity index (χ2v) is 8.37. The Labute approximate surface area is 175 Å². The van der Waals surface area contributed by atoms with Gasteiger partial charge in [0.05, 0.1) is 18.2 Å². The Bertz CT molecular complexity index is 902. The van der Waals surface area contributed by atoms with Crippen LogP contribution in [-0.4, -0.2) is 56.8 Å².